The van der Waals surface area contributed by atoms with Gasteiger partial charge in [0.05, 0.1) is 5.69 Å². The molecule has 12 heteroatoms. The van der Waals surface area contributed by atoms with Crippen LogP contribution in [-0.4, -0.2) is 42.7 Å². The summed E-state index contributed by atoms with van der Waals surface area (Å²) in [6.45, 7) is 4.82. The van der Waals surface area contributed by atoms with Gasteiger partial charge in [0.2, 0.25) is 12.2 Å². The number of nitriles is 1. The van der Waals surface area contributed by atoms with Crippen LogP contribution in [0.1, 0.15) is 43.8 Å². The maximum atomic E-state index is 12.3. The number of pyridine rings is 2. The highest BCUT2D eigenvalue weighted by molar-refractivity contribution is 7.97. The summed E-state index contributed by atoms with van der Waals surface area (Å²) in [6, 6.07) is 10.3. The highest BCUT2D eigenvalue weighted by atomic mass is 32.2. The lowest BCUT2D eigenvalue weighted by Gasteiger charge is -2.24. The lowest BCUT2D eigenvalue weighted by Crippen LogP contribution is -2.25. The predicted octanol–water partition coefficient (Wildman–Crippen LogP) is 4.89. The molecule has 0 bridgehead atoms. The largest absolute Gasteiger partial charge is 0.451 e. The normalized spacial score (nSPS) is 16.7. The van der Waals surface area contributed by atoms with E-state index in [-0.39, 0.29) is 0 Å². The van der Waals surface area contributed by atoms with Crippen LogP contribution in [0, 0.1) is 24.2 Å². The number of hydrogen-bond acceptors (Lipinski definition) is 8. The molecular formula is C26H26F3N7OS. The lowest BCUT2D eigenvalue weighted by molar-refractivity contribution is -0.145. The summed E-state index contributed by atoms with van der Waals surface area (Å²) >= 11 is 1.75. The Morgan fingerprint density at radius 1 is 1.11 bits per heavy atom. The minimum absolute atomic E-state index is 0.306. The average Bonchev–Trinajstić information content (AvgIpc) is 3.25. The molecule has 3 aromatic rings. The first-order valence-electron chi connectivity index (χ1n) is 11.4. The molecule has 4 rings (SSSR count). The Morgan fingerprint density at radius 3 is 2.29 bits per heavy atom. The smallest absolute Gasteiger partial charge is 0.355 e. The minimum atomic E-state index is -4.57. The molecule has 1 amide bonds. The maximum Gasteiger partial charge on any atom is 0.451 e. The fourth-order valence-electron chi connectivity index (χ4n) is 3.48. The van der Waals surface area contributed by atoms with E-state index < -0.39 is 12.0 Å². The van der Waals surface area contributed by atoms with Crippen molar-refractivity contribution in [3.05, 3.63) is 66.1 Å². The van der Waals surface area contributed by atoms with Gasteiger partial charge in [0, 0.05) is 53.9 Å². The molecule has 1 aliphatic heterocycles. The van der Waals surface area contributed by atoms with Crippen molar-refractivity contribution in [2.75, 3.05) is 0 Å². The molecule has 1 N–H and O–H groups in total. The van der Waals surface area contributed by atoms with Crippen molar-refractivity contribution in [1.82, 2.24) is 29.6 Å². The molecule has 0 radical (unpaired) electrons. The van der Waals surface area contributed by atoms with Gasteiger partial charge in [-0.25, -0.2) is 19.3 Å². The van der Waals surface area contributed by atoms with Gasteiger partial charge >= 0.3 is 6.18 Å². The van der Waals surface area contributed by atoms with E-state index in [2.05, 4.69) is 56.3 Å². The summed E-state index contributed by atoms with van der Waals surface area (Å²) in [5.74, 6) is -1.19. The number of halogens is 3. The van der Waals surface area contributed by atoms with Gasteiger partial charge in [-0.3, -0.25) is 9.78 Å². The molecule has 0 aliphatic carbocycles. The van der Waals surface area contributed by atoms with Gasteiger partial charge in [-0.1, -0.05) is 0 Å². The molecule has 0 spiro atoms. The number of amides is 1. The van der Waals surface area contributed by atoms with Crippen molar-refractivity contribution >= 4 is 18.4 Å². The number of nitrogens with zero attached hydrogens (tertiary/aromatic N) is 6. The molecule has 2 atom stereocenters. The number of alkyl halides is 3. The van der Waals surface area contributed by atoms with E-state index in [1.165, 1.54) is 19.0 Å². The van der Waals surface area contributed by atoms with Crippen LogP contribution in [0.15, 0.2) is 53.9 Å². The molecule has 0 unspecified atom stereocenters. The number of rotatable bonds is 6. The molecule has 3 aromatic heterocycles. The van der Waals surface area contributed by atoms with Gasteiger partial charge in [0.1, 0.15) is 11.8 Å². The van der Waals surface area contributed by atoms with Gasteiger partial charge in [-0.2, -0.15) is 18.4 Å². The first-order chi connectivity index (χ1) is 18.2. The van der Waals surface area contributed by atoms with Crippen LogP contribution >= 0.6 is 11.9 Å². The molecule has 38 heavy (non-hydrogen) atoms. The minimum Gasteiger partial charge on any atom is -0.355 e. The zero-order valence-corrected chi connectivity index (χ0v) is 21.6. The second-order valence-electron chi connectivity index (χ2n) is 8.06. The van der Waals surface area contributed by atoms with Crippen LogP contribution in [0.25, 0.3) is 11.3 Å². The fourth-order valence-corrected chi connectivity index (χ4v) is 4.52. The van der Waals surface area contributed by atoms with E-state index in [0.29, 0.717) is 42.0 Å². The summed E-state index contributed by atoms with van der Waals surface area (Å²) in [5.41, 5.74) is 2.05. The van der Waals surface area contributed by atoms with Gasteiger partial charge in [-0.05, 0) is 68.5 Å². The van der Waals surface area contributed by atoms with E-state index in [4.69, 9.17) is 5.26 Å². The van der Waals surface area contributed by atoms with Crippen LogP contribution in [0.3, 0.4) is 0 Å². The van der Waals surface area contributed by atoms with Crippen LogP contribution in [0.4, 0.5) is 13.2 Å². The Balaban J connectivity index is 0.000000256. The molecule has 0 saturated carbocycles. The summed E-state index contributed by atoms with van der Waals surface area (Å²) in [6.07, 6.45) is 11.9. The van der Waals surface area contributed by atoms with E-state index >= 15 is 0 Å². The zero-order chi connectivity index (χ0) is 28.1. The molecule has 0 aromatic carbocycles. The maximum absolute atomic E-state index is 12.3. The fraction of sp³-hybridized carbons (Fsp3) is 0.308. The van der Waals surface area contributed by atoms with E-state index in [1.54, 1.807) is 36.3 Å². The quantitative estimate of drug-likeness (QED) is 0.267. The van der Waals surface area contributed by atoms with E-state index in [0.717, 1.165) is 22.9 Å². The first-order valence-corrected chi connectivity index (χ1v) is 12.2. The Bertz CT molecular complexity index is 1220. The van der Waals surface area contributed by atoms with Crippen molar-refractivity contribution in [2.45, 2.75) is 56.4 Å². The number of carbonyl (C=O) groups excluding carboxylic acids is 1. The average molecular weight is 542 g/mol. The Hall–Kier alpha value is -4.00. The number of aromatic nitrogens is 4. The topological polar surface area (TPSA) is 108 Å². The number of carbonyl (C=O) groups is 1. The highest BCUT2D eigenvalue weighted by Gasteiger charge is 2.34. The third-order valence-corrected chi connectivity index (χ3v) is 6.73. The van der Waals surface area contributed by atoms with E-state index in [1.807, 2.05) is 12.1 Å². The molecule has 1 aliphatic rings. The summed E-state index contributed by atoms with van der Waals surface area (Å²) < 4.78 is 39.5. The third-order valence-electron chi connectivity index (χ3n) is 5.35. The van der Waals surface area contributed by atoms with Crippen molar-refractivity contribution < 1.29 is 18.0 Å². The SMILES string of the molecule is C#C.C[C@@H]1CC[C@H](C)N1Sc1ccc(C#N)nc1.O=CNCc1ccnc(-c2cnc(C(F)(F)F)nc2)c1. The highest BCUT2D eigenvalue weighted by Crippen LogP contribution is 2.34. The zero-order valence-electron chi connectivity index (χ0n) is 20.8. The molecule has 1 saturated heterocycles. The monoisotopic (exact) mass is 541 g/mol. The standard InChI is InChI=1S/C12H9F3N4O.C12H15N3S.C2H2/c13-12(14,15)11-18-5-9(6-19-11)10-3-8(1-2-17-10)4-16-7-20;1-9-3-4-10(2)15(9)16-12-6-5-11(7-13)14-8-12;1-2/h1-3,5-7H,4H2,(H,16,20);5-6,8-10H,3-4H2,1-2H3;1-2H/t;9-,10+;. The van der Waals surface area contributed by atoms with Gasteiger partial charge in [0.15, 0.2) is 0 Å². The second-order valence-corrected chi connectivity index (χ2v) is 9.13. The number of terminal acetylenes is 1. The first kappa shape index (κ1) is 30.2. The number of nitrogens with one attached hydrogen (secondary N) is 1. The summed E-state index contributed by atoms with van der Waals surface area (Å²) in [4.78, 5) is 26.0. The molecule has 198 valence electrons. The van der Waals surface area contributed by atoms with Gasteiger partial charge in [-0.15, -0.1) is 12.8 Å². The molecule has 8 nitrogen and oxygen atoms in total. The second kappa shape index (κ2) is 14.7. The predicted molar refractivity (Wildman–Crippen MR) is 138 cm³/mol. The number of hydrogen-bond donors (Lipinski definition) is 1. The Morgan fingerprint density at radius 2 is 1.76 bits per heavy atom. The summed E-state index contributed by atoms with van der Waals surface area (Å²) in [7, 11) is 0. The van der Waals surface area contributed by atoms with Crippen molar-refractivity contribution in [1.29, 1.82) is 5.26 Å². The van der Waals surface area contributed by atoms with Gasteiger partial charge in [0.25, 0.3) is 0 Å². The van der Waals surface area contributed by atoms with Crippen molar-refractivity contribution in [3.63, 3.8) is 0 Å². The summed E-state index contributed by atoms with van der Waals surface area (Å²) in [5, 5.41) is 11.2. The third kappa shape index (κ3) is 8.83. The van der Waals surface area contributed by atoms with Crippen LogP contribution in [-0.2, 0) is 17.5 Å². The van der Waals surface area contributed by atoms with Crippen molar-refractivity contribution in [2.24, 2.45) is 0 Å². The molecular weight excluding hydrogens is 515 g/mol. The van der Waals surface area contributed by atoms with Crippen LogP contribution < -0.4 is 5.32 Å². The Labute approximate surface area is 223 Å². The van der Waals surface area contributed by atoms with Crippen LogP contribution in [0.2, 0.25) is 0 Å². The van der Waals surface area contributed by atoms with Crippen molar-refractivity contribution in [3.8, 4) is 30.2 Å². The molecule has 4 heterocycles. The Kier molecular flexibility index (Phi) is 11.7. The lowest BCUT2D eigenvalue weighted by atomic mass is 10.1. The van der Waals surface area contributed by atoms with E-state index in [9.17, 15) is 18.0 Å². The molecule has 1 fully saturated rings. The van der Waals surface area contributed by atoms with Gasteiger partial charge < -0.3 is 5.32 Å². The van der Waals surface area contributed by atoms with Crippen LogP contribution in [0.5, 0.6) is 0 Å².